The van der Waals surface area contributed by atoms with Crippen LogP contribution in [0.15, 0.2) is 42.6 Å². The third-order valence-corrected chi connectivity index (χ3v) is 5.20. The molecular weight excluding hydrogens is 308 g/mol. The molecule has 0 amide bonds. The minimum Gasteiger partial charge on any atom is -0.497 e. The molecule has 23 heavy (non-hydrogen) atoms. The number of methoxy groups -OCH3 is 1. The van der Waals surface area contributed by atoms with E-state index in [-0.39, 0.29) is 0 Å². The third-order valence-electron chi connectivity index (χ3n) is 4.97. The van der Waals surface area contributed by atoms with Gasteiger partial charge in [0, 0.05) is 28.0 Å². The van der Waals surface area contributed by atoms with E-state index in [2.05, 4.69) is 35.4 Å². The molecule has 4 heteroatoms. The molecule has 0 bridgehead atoms. The Kier molecular flexibility index (Phi) is 3.55. The van der Waals surface area contributed by atoms with Gasteiger partial charge in [-0.05, 0) is 65.9 Å². The fraction of sp³-hybridized carbons (Fsp3) is 0.263. The van der Waals surface area contributed by atoms with Crippen molar-refractivity contribution in [2.75, 3.05) is 13.7 Å². The van der Waals surface area contributed by atoms with Gasteiger partial charge in [0.2, 0.25) is 0 Å². The van der Waals surface area contributed by atoms with Gasteiger partial charge in [0.1, 0.15) is 5.75 Å². The fourth-order valence-electron chi connectivity index (χ4n) is 3.81. The first-order chi connectivity index (χ1) is 11.2. The second kappa shape index (κ2) is 5.59. The average molecular weight is 327 g/mol. The molecule has 1 heterocycles. The van der Waals surface area contributed by atoms with Crippen molar-refractivity contribution >= 4 is 22.5 Å². The highest BCUT2D eigenvalue weighted by molar-refractivity contribution is 6.30. The van der Waals surface area contributed by atoms with E-state index in [9.17, 15) is 0 Å². The lowest BCUT2D eigenvalue weighted by molar-refractivity contribution is 0.415. The Labute approximate surface area is 140 Å². The molecule has 0 radical (unpaired) electrons. The van der Waals surface area contributed by atoms with Gasteiger partial charge in [-0.25, -0.2) is 0 Å². The molecule has 118 valence electrons. The van der Waals surface area contributed by atoms with Gasteiger partial charge in [0.15, 0.2) is 0 Å². The topological polar surface area (TPSA) is 51.0 Å². The van der Waals surface area contributed by atoms with Gasteiger partial charge in [-0.1, -0.05) is 17.7 Å². The van der Waals surface area contributed by atoms with Gasteiger partial charge in [-0.15, -0.1) is 0 Å². The van der Waals surface area contributed by atoms with E-state index in [1.165, 1.54) is 22.1 Å². The number of H-pyrrole nitrogens is 1. The fourth-order valence-corrected chi connectivity index (χ4v) is 3.99. The molecule has 0 saturated heterocycles. The Morgan fingerprint density at radius 1 is 1.17 bits per heavy atom. The van der Waals surface area contributed by atoms with Gasteiger partial charge in [-0.3, -0.25) is 0 Å². The second-order valence-corrected chi connectivity index (χ2v) is 6.59. The van der Waals surface area contributed by atoms with Gasteiger partial charge >= 0.3 is 0 Å². The number of hydrogen-bond donors (Lipinski definition) is 2. The van der Waals surface area contributed by atoms with Crippen LogP contribution in [0.25, 0.3) is 10.9 Å². The van der Waals surface area contributed by atoms with Crippen molar-refractivity contribution in [1.29, 1.82) is 0 Å². The Balaban J connectivity index is 1.86. The van der Waals surface area contributed by atoms with Crippen LogP contribution in [0.2, 0.25) is 5.02 Å². The predicted octanol–water partition coefficient (Wildman–Crippen LogP) is 4.41. The summed E-state index contributed by atoms with van der Waals surface area (Å²) >= 11 is 6.19. The van der Waals surface area contributed by atoms with Crippen molar-refractivity contribution in [1.82, 2.24) is 4.98 Å². The lowest BCUT2D eigenvalue weighted by atomic mass is 9.92. The Hall–Kier alpha value is -1.97. The standard InChI is InChI=1S/C19H19ClN2O/c1-23-13-3-5-19-17(8-13)18(10-22-19)16-6-11(9-21)15-7-12(20)2-4-14(15)16/h2-5,7-8,10-11,16,22H,6,9,21H2,1H3. The summed E-state index contributed by atoms with van der Waals surface area (Å²) in [5.74, 6) is 1.59. The monoisotopic (exact) mass is 326 g/mol. The highest BCUT2D eigenvalue weighted by Crippen LogP contribution is 2.47. The summed E-state index contributed by atoms with van der Waals surface area (Å²) in [6.07, 6.45) is 3.14. The molecule has 1 aromatic heterocycles. The van der Waals surface area contributed by atoms with E-state index in [0.29, 0.717) is 18.4 Å². The van der Waals surface area contributed by atoms with E-state index in [0.717, 1.165) is 22.7 Å². The maximum atomic E-state index is 6.19. The van der Waals surface area contributed by atoms with E-state index < -0.39 is 0 Å². The van der Waals surface area contributed by atoms with Crippen molar-refractivity contribution in [2.24, 2.45) is 5.73 Å². The quantitative estimate of drug-likeness (QED) is 0.749. The smallest absolute Gasteiger partial charge is 0.119 e. The SMILES string of the molecule is COc1ccc2[nH]cc(C3CC(CN)c4cc(Cl)ccc43)c2c1. The highest BCUT2D eigenvalue weighted by Gasteiger charge is 2.32. The van der Waals surface area contributed by atoms with Crippen LogP contribution in [0.4, 0.5) is 0 Å². The van der Waals surface area contributed by atoms with Crippen LogP contribution in [0, 0.1) is 0 Å². The molecule has 0 spiro atoms. The lowest BCUT2D eigenvalue weighted by Gasteiger charge is -2.11. The molecular formula is C19H19ClN2O. The van der Waals surface area contributed by atoms with Crippen LogP contribution in [0.3, 0.4) is 0 Å². The first kappa shape index (κ1) is 14.6. The maximum absolute atomic E-state index is 6.19. The summed E-state index contributed by atoms with van der Waals surface area (Å²) < 4.78 is 5.39. The summed E-state index contributed by atoms with van der Waals surface area (Å²) in [6.45, 7) is 0.648. The molecule has 0 fully saturated rings. The van der Waals surface area contributed by atoms with Gasteiger partial charge in [0.25, 0.3) is 0 Å². The maximum Gasteiger partial charge on any atom is 0.119 e. The van der Waals surface area contributed by atoms with E-state index >= 15 is 0 Å². The number of fused-ring (bicyclic) bond motifs is 2. The summed E-state index contributed by atoms with van der Waals surface area (Å²) in [7, 11) is 1.70. The molecule has 2 atom stereocenters. The molecule has 2 unspecified atom stereocenters. The van der Waals surface area contributed by atoms with E-state index in [1.807, 2.05) is 12.1 Å². The van der Waals surface area contributed by atoms with Crippen molar-refractivity contribution in [2.45, 2.75) is 18.3 Å². The predicted molar refractivity (Wildman–Crippen MR) is 94.6 cm³/mol. The zero-order valence-electron chi connectivity index (χ0n) is 13.0. The average Bonchev–Trinajstić information content (AvgIpc) is 3.14. The number of aromatic nitrogens is 1. The van der Waals surface area contributed by atoms with Crippen LogP contribution in [0.5, 0.6) is 5.75 Å². The van der Waals surface area contributed by atoms with Gasteiger partial charge in [0.05, 0.1) is 7.11 Å². The zero-order valence-corrected chi connectivity index (χ0v) is 13.7. The molecule has 4 rings (SSSR count). The Bertz CT molecular complexity index is 871. The number of halogens is 1. The highest BCUT2D eigenvalue weighted by atomic mass is 35.5. The lowest BCUT2D eigenvalue weighted by Crippen LogP contribution is -2.09. The summed E-state index contributed by atoms with van der Waals surface area (Å²) in [6, 6.07) is 12.3. The number of hydrogen-bond acceptors (Lipinski definition) is 2. The Morgan fingerprint density at radius 2 is 2.04 bits per heavy atom. The minimum absolute atomic E-state index is 0.344. The molecule has 3 aromatic rings. The molecule has 2 aromatic carbocycles. The van der Waals surface area contributed by atoms with Crippen molar-refractivity contribution < 1.29 is 4.74 Å². The van der Waals surface area contributed by atoms with E-state index in [4.69, 9.17) is 22.1 Å². The van der Waals surface area contributed by atoms with Crippen LogP contribution >= 0.6 is 11.6 Å². The van der Waals surface area contributed by atoms with Crippen molar-refractivity contribution in [3.63, 3.8) is 0 Å². The first-order valence-corrected chi connectivity index (χ1v) is 8.23. The summed E-state index contributed by atoms with van der Waals surface area (Å²) in [4.78, 5) is 3.38. The Morgan fingerprint density at radius 3 is 2.83 bits per heavy atom. The molecule has 1 aliphatic rings. The number of rotatable bonds is 3. The van der Waals surface area contributed by atoms with Crippen LogP contribution < -0.4 is 10.5 Å². The van der Waals surface area contributed by atoms with Crippen molar-refractivity contribution in [3.05, 3.63) is 64.3 Å². The second-order valence-electron chi connectivity index (χ2n) is 6.15. The van der Waals surface area contributed by atoms with Crippen molar-refractivity contribution in [3.8, 4) is 5.75 Å². The minimum atomic E-state index is 0.344. The van der Waals surface area contributed by atoms with Gasteiger partial charge < -0.3 is 15.5 Å². The molecule has 1 aliphatic carbocycles. The number of benzene rings is 2. The number of nitrogens with one attached hydrogen (secondary N) is 1. The van der Waals surface area contributed by atoms with Crippen LogP contribution in [-0.2, 0) is 0 Å². The number of nitrogens with two attached hydrogens (primary N) is 1. The molecule has 0 saturated carbocycles. The van der Waals surface area contributed by atoms with Crippen LogP contribution in [-0.4, -0.2) is 18.6 Å². The van der Waals surface area contributed by atoms with Crippen LogP contribution in [0.1, 0.15) is 34.9 Å². The third kappa shape index (κ3) is 2.32. The molecule has 3 N–H and O–H groups in total. The largest absolute Gasteiger partial charge is 0.497 e. The first-order valence-electron chi connectivity index (χ1n) is 7.85. The zero-order chi connectivity index (χ0) is 16.0. The summed E-state index contributed by atoms with van der Waals surface area (Å²) in [5.41, 5.74) is 11.1. The number of ether oxygens (including phenoxy) is 1. The normalized spacial score (nSPS) is 20.0. The van der Waals surface area contributed by atoms with Gasteiger partial charge in [-0.2, -0.15) is 0 Å². The molecule has 0 aliphatic heterocycles. The number of aromatic amines is 1. The van der Waals surface area contributed by atoms with E-state index in [1.54, 1.807) is 7.11 Å². The summed E-state index contributed by atoms with van der Waals surface area (Å²) in [5, 5.41) is 2.00. The molecule has 3 nitrogen and oxygen atoms in total.